The topological polar surface area (TPSA) is 81.8 Å². The van der Waals surface area contributed by atoms with Crippen molar-refractivity contribution in [2.45, 2.75) is 32.7 Å². The van der Waals surface area contributed by atoms with Crippen LogP contribution < -0.4 is 10.9 Å². The molecule has 140 valence electrons. The van der Waals surface area contributed by atoms with Gasteiger partial charge in [0.15, 0.2) is 5.82 Å². The second-order valence-electron chi connectivity index (χ2n) is 7.29. The van der Waals surface area contributed by atoms with Gasteiger partial charge in [-0.2, -0.15) is 5.10 Å². The fraction of sp³-hybridized carbons (Fsp3) is 0.300. The van der Waals surface area contributed by atoms with Gasteiger partial charge >= 0.3 is 0 Å². The summed E-state index contributed by atoms with van der Waals surface area (Å²) in [6.07, 6.45) is 3.39. The molecule has 1 N–H and O–H groups in total. The van der Waals surface area contributed by atoms with Crippen molar-refractivity contribution in [1.82, 2.24) is 24.9 Å². The molecule has 0 saturated heterocycles. The van der Waals surface area contributed by atoms with Gasteiger partial charge in [-0.1, -0.05) is 32.9 Å². The molecule has 1 aromatic carbocycles. The van der Waals surface area contributed by atoms with Crippen molar-refractivity contribution in [1.29, 1.82) is 0 Å². The van der Waals surface area contributed by atoms with E-state index in [1.807, 2.05) is 24.3 Å². The minimum Gasteiger partial charge on any atom is -0.350 e. The largest absolute Gasteiger partial charge is 0.350 e. The molecule has 0 spiro atoms. The number of benzene rings is 1. The molecule has 2 heterocycles. The molecule has 0 aliphatic heterocycles. The third kappa shape index (κ3) is 4.49. The first-order chi connectivity index (χ1) is 12.8. The van der Waals surface area contributed by atoms with Gasteiger partial charge in [-0.25, -0.2) is 9.36 Å². The Kier molecular flexibility index (Phi) is 5.21. The number of carbonyl (C=O) groups is 1. The first-order valence-corrected chi connectivity index (χ1v) is 8.81. The summed E-state index contributed by atoms with van der Waals surface area (Å²) in [6, 6.07) is 12.4. The molecule has 27 heavy (non-hydrogen) atoms. The maximum absolute atomic E-state index is 12.3. The lowest BCUT2D eigenvalue weighted by Crippen LogP contribution is -2.32. The molecule has 0 radical (unpaired) electrons. The van der Waals surface area contributed by atoms with Crippen molar-refractivity contribution in [2.75, 3.05) is 6.54 Å². The average Bonchev–Trinajstić information content (AvgIpc) is 3.17. The van der Waals surface area contributed by atoms with Gasteiger partial charge in [0.2, 0.25) is 0 Å². The standard InChI is InChI=1S/C20H23N5O2/c1-20(2,3)16-7-5-15(6-8-16)19(27)21-12-14-25-18(26)10-9-17(23-25)24-13-4-11-22-24/h4-11,13H,12,14H2,1-3H3,(H,21,27). The summed E-state index contributed by atoms with van der Waals surface area (Å²) in [4.78, 5) is 24.3. The third-order valence-electron chi connectivity index (χ3n) is 4.21. The highest BCUT2D eigenvalue weighted by atomic mass is 16.2. The van der Waals surface area contributed by atoms with Crippen LogP contribution in [0.25, 0.3) is 5.82 Å². The van der Waals surface area contributed by atoms with E-state index in [0.29, 0.717) is 17.9 Å². The van der Waals surface area contributed by atoms with E-state index >= 15 is 0 Å². The van der Waals surface area contributed by atoms with Crippen LogP contribution in [-0.2, 0) is 12.0 Å². The summed E-state index contributed by atoms with van der Waals surface area (Å²) in [5.74, 6) is 0.371. The van der Waals surface area contributed by atoms with Gasteiger partial charge in [-0.05, 0) is 35.2 Å². The summed E-state index contributed by atoms with van der Waals surface area (Å²) in [5, 5.41) is 11.2. The first-order valence-electron chi connectivity index (χ1n) is 8.81. The molecular weight excluding hydrogens is 342 g/mol. The van der Waals surface area contributed by atoms with E-state index in [9.17, 15) is 9.59 Å². The molecule has 0 atom stereocenters. The molecule has 0 aliphatic rings. The second-order valence-corrected chi connectivity index (χ2v) is 7.29. The molecule has 0 saturated carbocycles. The Hall–Kier alpha value is -3.22. The number of amides is 1. The van der Waals surface area contributed by atoms with E-state index in [0.717, 1.165) is 0 Å². The van der Waals surface area contributed by atoms with E-state index in [2.05, 4.69) is 36.3 Å². The Morgan fingerprint density at radius 1 is 1.11 bits per heavy atom. The highest BCUT2D eigenvalue weighted by Crippen LogP contribution is 2.22. The zero-order chi connectivity index (χ0) is 19.4. The second kappa shape index (κ2) is 7.57. The Balaban J connectivity index is 1.62. The number of nitrogens with one attached hydrogen (secondary N) is 1. The lowest BCUT2D eigenvalue weighted by molar-refractivity contribution is 0.0951. The molecule has 1 amide bonds. The fourth-order valence-corrected chi connectivity index (χ4v) is 2.62. The molecule has 3 aromatic rings. The molecule has 0 fully saturated rings. The third-order valence-corrected chi connectivity index (χ3v) is 4.21. The Bertz CT molecular complexity index is 967. The zero-order valence-electron chi connectivity index (χ0n) is 15.7. The van der Waals surface area contributed by atoms with E-state index in [1.165, 1.54) is 16.3 Å². The van der Waals surface area contributed by atoms with Gasteiger partial charge in [-0.3, -0.25) is 9.59 Å². The average molecular weight is 365 g/mol. The van der Waals surface area contributed by atoms with Crippen LogP contribution >= 0.6 is 0 Å². The molecule has 3 rings (SSSR count). The molecule has 2 aromatic heterocycles. The number of aromatic nitrogens is 4. The van der Waals surface area contributed by atoms with Crippen LogP contribution in [0.1, 0.15) is 36.7 Å². The first kappa shape index (κ1) is 18.6. The fourth-order valence-electron chi connectivity index (χ4n) is 2.62. The van der Waals surface area contributed by atoms with Gasteiger partial charge in [0.05, 0.1) is 6.54 Å². The zero-order valence-corrected chi connectivity index (χ0v) is 15.7. The highest BCUT2D eigenvalue weighted by molar-refractivity contribution is 5.94. The van der Waals surface area contributed by atoms with Crippen LogP contribution in [0.4, 0.5) is 0 Å². The van der Waals surface area contributed by atoms with Gasteiger partial charge < -0.3 is 5.32 Å². The Morgan fingerprint density at radius 2 is 1.85 bits per heavy atom. The van der Waals surface area contributed by atoms with Crippen LogP contribution in [0.2, 0.25) is 0 Å². The van der Waals surface area contributed by atoms with Crippen LogP contribution in [0.15, 0.2) is 59.7 Å². The maximum atomic E-state index is 12.3. The normalized spacial score (nSPS) is 11.4. The molecule has 0 unspecified atom stereocenters. The van der Waals surface area contributed by atoms with Crippen molar-refractivity contribution in [2.24, 2.45) is 0 Å². The lowest BCUT2D eigenvalue weighted by Gasteiger charge is -2.19. The van der Waals surface area contributed by atoms with Crippen LogP contribution in [0.3, 0.4) is 0 Å². The number of hydrogen-bond acceptors (Lipinski definition) is 4. The SMILES string of the molecule is CC(C)(C)c1ccc(C(=O)NCCn2nc(-n3cccn3)ccc2=O)cc1. The summed E-state index contributed by atoms with van der Waals surface area (Å²) in [5.41, 5.74) is 1.58. The predicted octanol–water partition coefficient (Wildman–Crippen LogP) is 2.16. The van der Waals surface area contributed by atoms with Crippen molar-refractivity contribution in [3.05, 3.63) is 76.3 Å². The van der Waals surface area contributed by atoms with E-state index in [1.54, 1.807) is 29.2 Å². The van der Waals surface area contributed by atoms with Gasteiger partial charge in [0.25, 0.3) is 11.5 Å². The van der Waals surface area contributed by atoms with E-state index in [-0.39, 0.29) is 23.4 Å². The quantitative estimate of drug-likeness (QED) is 0.751. The van der Waals surface area contributed by atoms with Crippen molar-refractivity contribution >= 4 is 5.91 Å². The van der Waals surface area contributed by atoms with Crippen LogP contribution in [0.5, 0.6) is 0 Å². The maximum Gasteiger partial charge on any atom is 0.266 e. The van der Waals surface area contributed by atoms with E-state index in [4.69, 9.17) is 0 Å². The number of hydrogen-bond donors (Lipinski definition) is 1. The molecule has 0 bridgehead atoms. The van der Waals surface area contributed by atoms with Gasteiger partial charge in [-0.15, -0.1) is 5.10 Å². The Morgan fingerprint density at radius 3 is 2.48 bits per heavy atom. The Labute approximate surface area is 157 Å². The smallest absolute Gasteiger partial charge is 0.266 e. The minimum atomic E-state index is -0.227. The van der Waals surface area contributed by atoms with Crippen molar-refractivity contribution in [3.63, 3.8) is 0 Å². The van der Waals surface area contributed by atoms with E-state index < -0.39 is 0 Å². The molecule has 7 nitrogen and oxygen atoms in total. The molecule has 0 aliphatic carbocycles. The van der Waals surface area contributed by atoms with Crippen molar-refractivity contribution in [3.8, 4) is 5.82 Å². The lowest BCUT2D eigenvalue weighted by atomic mass is 9.87. The predicted molar refractivity (Wildman–Crippen MR) is 103 cm³/mol. The van der Waals surface area contributed by atoms with Crippen LogP contribution in [-0.4, -0.2) is 32.0 Å². The van der Waals surface area contributed by atoms with Gasteiger partial charge in [0.1, 0.15) is 0 Å². The monoisotopic (exact) mass is 365 g/mol. The molecule has 7 heteroatoms. The highest BCUT2D eigenvalue weighted by Gasteiger charge is 2.14. The number of carbonyl (C=O) groups excluding carboxylic acids is 1. The number of rotatable bonds is 5. The van der Waals surface area contributed by atoms with Crippen molar-refractivity contribution < 1.29 is 4.79 Å². The summed E-state index contributed by atoms with van der Waals surface area (Å²) < 4.78 is 2.89. The van der Waals surface area contributed by atoms with Gasteiger partial charge in [0, 0.05) is 30.6 Å². The molecular formula is C20H23N5O2. The van der Waals surface area contributed by atoms with Crippen LogP contribution in [0, 0.1) is 0 Å². The number of nitrogens with zero attached hydrogens (tertiary/aromatic N) is 4. The summed E-state index contributed by atoms with van der Waals surface area (Å²) >= 11 is 0. The summed E-state index contributed by atoms with van der Waals surface area (Å²) in [6.45, 7) is 6.97. The minimum absolute atomic E-state index is 0.0431. The summed E-state index contributed by atoms with van der Waals surface area (Å²) in [7, 11) is 0.